The summed E-state index contributed by atoms with van der Waals surface area (Å²) in [5, 5.41) is 8.94. The lowest BCUT2D eigenvalue weighted by Gasteiger charge is -2.37. The maximum absolute atomic E-state index is 12.4. The summed E-state index contributed by atoms with van der Waals surface area (Å²) in [5.41, 5.74) is 7.77. The summed E-state index contributed by atoms with van der Waals surface area (Å²) >= 11 is 0. The number of benzene rings is 1. The van der Waals surface area contributed by atoms with Crippen LogP contribution in [0.3, 0.4) is 0 Å². The average molecular weight is 270 g/mol. The van der Waals surface area contributed by atoms with Crippen molar-refractivity contribution in [3.8, 4) is 0 Å². The fraction of sp³-hybridized carbons (Fsp3) is 0.500. The predicted molar refractivity (Wildman–Crippen MR) is 69.7 cm³/mol. The second-order valence-electron chi connectivity index (χ2n) is 4.83. The number of nitrogens with zero attached hydrogens (tertiary/aromatic N) is 1. The summed E-state index contributed by atoms with van der Waals surface area (Å²) in [6, 6.07) is 3.27. The van der Waals surface area contributed by atoms with Crippen LogP contribution in [0.2, 0.25) is 0 Å². The average Bonchev–Trinajstić information content (AvgIpc) is 2.21. The van der Waals surface area contributed by atoms with Gasteiger partial charge < -0.3 is 10.8 Å². The number of hydrogen-bond donors (Lipinski definition) is 2. The van der Waals surface area contributed by atoms with E-state index < -0.39 is 10.0 Å². The summed E-state index contributed by atoms with van der Waals surface area (Å²) in [7, 11) is -3.48. The Labute approximate surface area is 107 Å². The highest BCUT2D eigenvalue weighted by Gasteiger charge is 2.37. The van der Waals surface area contributed by atoms with Crippen molar-refractivity contribution in [3.63, 3.8) is 0 Å². The Hall–Kier alpha value is -1.11. The van der Waals surface area contributed by atoms with E-state index >= 15 is 0 Å². The minimum atomic E-state index is -3.48. The van der Waals surface area contributed by atoms with E-state index in [1.807, 2.05) is 6.92 Å². The number of aliphatic hydroxyl groups is 1. The van der Waals surface area contributed by atoms with Crippen LogP contribution in [0.15, 0.2) is 17.0 Å². The molecule has 1 heterocycles. The van der Waals surface area contributed by atoms with Crippen molar-refractivity contribution in [2.75, 3.05) is 25.4 Å². The van der Waals surface area contributed by atoms with E-state index in [9.17, 15) is 8.42 Å². The number of nitrogen functional groups attached to an aromatic ring is 1. The maximum atomic E-state index is 12.4. The molecule has 1 aromatic rings. The molecule has 0 aromatic heterocycles. The van der Waals surface area contributed by atoms with E-state index in [2.05, 4.69) is 0 Å². The Morgan fingerprint density at radius 2 is 2.00 bits per heavy atom. The zero-order chi connectivity index (χ0) is 13.5. The standard InChI is InChI=1S/C12H18N2O3S/c1-8-3-11(13)4-12(9(8)2)18(16,17)14-5-10(6-14)7-15/h3-4,10,15H,5-7,13H2,1-2H3. The van der Waals surface area contributed by atoms with Crippen LogP contribution in [0, 0.1) is 19.8 Å². The van der Waals surface area contributed by atoms with Crippen LogP contribution in [0.25, 0.3) is 0 Å². The van der Waals surface area contributed by atoms with Gasteiger partial charge in [-0.05, 0) is 37.1 Å². The molecule has 1 fully saturated rings. The minimum absolute atomic E-state index is 0.0287. The molecule has 0 spiro atoms. The van der Waals surface area contributed by atoms with Crippen molar-refractivity contribution in [2.45, 2.75) is 18.7 Å². The molecule has 0 saturated carbocycles. The highest BCUT2D eigenvalue weighted by molar-refractivity contribution is 7.89. The predicted octanol–water partition coefficient (Wildman–Crippen LogP) is 0.498. The van der Waals surface area contributed by atoms with Crippen LogP contribution in [-0.4, -0.2) is 37.5 Å². The van der Waals surface area contributed by atoms with Crippen molar-refractivity contribution in [1.82, 2.24) is 4.31 Å². The van der Waals surface area contributed by atoms with E-state index in [4.69, 9.17) is 10.8 Å². The lowest BCUT2D eigenvalue weighted by atomic mass is 10.1. The Balaban J connectivity index is 2.37. The molecule has 3 N–H and O–H groups in total. The largest absolute Gasteiger partial charge is 0.399 e. The summed E-state index contributed by atoms with van der Waals surface area (Å²) in [4.78, 5) is 0.274. The van der Waals surface area contributed by atoms with Gasteiger partial charge in [-0.15, -0.1) is 0 Å². The lowest BCUT2D eigenvalue weighted by Crippen LogP contribution is -2.51. The molecule has 6 heteroatoms. The Kier molecular flexibility index (Phi) is 3.35. The topological polar surface area (TPSA) is 83.6 Å². The van der Waals surface area contributed by atoms with Gasteiger partial charge in [0.1, 0.15) is 0 Å². The van der Waals surface area contributed by atoms with Crippen LogP contribution in [0.4, 0.5) is 5.69 Å². The first kappa shape index (κ1) is 13.3. The molecule has 1 saturated heterocycles. The van der Waals surface area contributed by atoms with Gasteiger partial charge in [0.25, 0.3) is 0 Å². The molecule has 2 rings (SSSR count). The zero-order valence-electron chi connectivity index (χ0n) is 10.5. The molecule has 0 unspecified atom stereocenters. The highest BCUT2D eigenvalue weighted by Crippen LogP contribution is 2.29. The summed E-state index contributed by atoms with van der Waals surface area (Å²) < 4.78 is 26.2. The number of nitrogens with two attached hydrogens (primary N) is 1. The van der Waals surface area contributed by atoms with E-state index in [1.54, 1.807) is 13.0 Å². The molecule has 0 aliphatic carbocycles. The lowest BCUT2D eigenvalue weighted by molar-refractivity contribution is 0.117. The van der Waals surface area contributed by atoms with E-state index in [0.29, 0.717) is 18.8 Å². The quantitative estimate of drug-likeness (QED) is 0.783. The molecule has 0 radical (unpaired) electrons. The van der Waals surface area contributed by atoms with Crippen LogP contribution in [0.5, 0.6) is 0 Å². The second kappa shape index (κ2) is 4.53. The van der Waals surface area contributed by atoms with E-state index in [0.717, 1.165) is 11.1 Å². The highest BCUT2D eigenvalue weighted by atomic mass is 32.2. The molecule has 5 nitrogen and oxygen atoms in total. The molecule has 1 aliphatic heterocycles. The van der Waals surface area contributed by atoms with Gasteiger partial charge in [0.2, 0.25) is 10.0 Å². The number of hydrogen-bond acceptors (Lipinski definition) is 4. The number of sulfonamides is 1. The minimum Gasteiger partial charge on any atom is -0.399 e. The fourth-order valence-electron chi connectivity index (χ4n) is 2.10. The smallest absolute Gasteiger partial charge is 0.243 e. The van der Waals surface area contributed by atoms with Crippen LogP contribution < -0.4 is 5.73 Å². The maximum Gasteiger partial charge on any atom is 0.243 e. The van der Waals surface area contributed by atoms with Gasteiger partial charge in [0.05, 0.1) is 4.90 Å². The van der Waals surface area contributed by atoms with Gasteiger partial charge in [-0.2, -0.15) is 4.31 Å². The van der Waals surface area contributed by atoms with Gasteiger partial charge in [0, 0.05) is 31.3 Å². The number of aliphatic hydroxyl groups excluding tert-OH is 1. The first-order chi connectivity index (χ1) is 8.36. The summed E-state index contributed by atoms with van der Waals surface area (Å²) in [6.45, 7) is 4.42. The molecule has 1 aromatic carbocycles. The first-order valence-electron chi connectivity index (χ1n) is 5.84. The monoisotopic (exact) mass is 270 g/mol. The van der Waals surface area contributed by atoms with E-state index in [-0.39, 0.29) is 17.4 Å². The van der Waals surface area contributed by atoms with Crippen molar-refractivity contribution < 1.29 is 13.5 Å². The van der Waals surface area contributed by atoms with E-state index in [1.165, 1.54) is 10.4 Å². The van der Waals surface area contributed by atoms with Crippen molar-refractivity contribution >= 4 is 15.7 Å². The van der Waals surface area contributed by atoms with Gasteiger partial charge in [-0.1, -0.05) is 0 Å². The van der Waals surface area contributed by atoms with Crippen molar-refractivity contribution in [2.24, 2.45) is 5.92 Å². The second-order valence-corrected chi connectivity index (χ2v) is 6.74. The third-order valence-corrected chi connectivity index (χ3v) is 5.40. The SMILES string of the molecule is Cc1cc(N)cc(S(=O)(=O)N2CC(CO)C2)c1C. The molecule has 1 aliphatic rings. The Morgan fingerprint density at radius 3 is 2.56 bits per heavy atom. The fourth-order valence-corrected chi connectivity index (χ4v) is 4.02. The van der Waals surface area contributed by atoms with Gasteiger partial charge in [-0.25, -0.2) is 8.42 Å². The first-order valence-corrected chi connectivity index (χ1v) is 7.28. The third kappa shape index (κ3) is 2.11. The van der Waals surface area contributed by atoms with Crippen LogP contribution in [-0.2, 0) is 10.0 Å². The number of rotatable bonds is 3. The summed E-state index contributed by atoms with van der Waals surface area (Å²) in [5.74, 6) is 0.0576. The van der Waals surface area contributed by atoms with Gasteiger partial charge >= 0.3 is 0 Å². The van der Waals surface area contributed by atoms with Gasteiger partial charge in [0.15, 0.2) is 0 Å². The molecule has 0 atom stereocenters. The molecule has 100 valence electrons. The van der Waals surface area contributed by atoms with Crippen LogP contribution >= 0.6 is 0 Å². The molecular weight excluding hydrogens is 252 g/mol. The third-order valence-electron chi connectivity index (χ3n) is 3.44. The van der Waals surface area contributed by atoms with Crippen molar-refractivity contribution in [3.05, 3.63) is 23.3 Å². The van der Waals surface area contributed by atoms with Crippen LogP contribution in [0.1, 0.15) is 11.1 Å². The zero-order valence-corrected chi connectivity index (χ0v) is 11.4. The summed E-state index contributed by atoms with van der Waals surface area (Å²) in [6.07, 6.45) is 0. The van der Waals surface area contributed by atoms with Gasteiger partial charge in [-0.3, -0.25) is 0 Å². The Bertz CT molecular complexity index is 563. The molecule has 18 heavy (non-hydrogen) atoms. The Morgan fingerprint density at radius 1 is 1.39 bits per heavy atom. The molecular formula is C12H18N2O3S. The number of aryl methyl sites for hydroxylation is 1. The van der Waals surface area contributed by atoms with Crippen molar-refractivity contribution in [1.29, 1.82) is 0 Å². The molecule has 0 bridgehead atoms. The normalized spacial score (nSPS) is 17.7. The number of anilines is 1. The molecule has 0 amide bonds.